The molecule has 0 aromatic heterocycles. The van der Waals surface area contributed by atoms with Gasteiger partial charge in [0.1, 0.15) is 0 Å². The second-order valence-corrected chi connectivity index (χ2v) is 4.78. The molecule has 0 radical (unpaired) electrons. The summed E-state index contributed by atoms with van der Waals surface area (Å²) in [5.74, 6) is 0. The van der Waals surface area contributed by atoms with Gasteiger partial charge in [0.2, 0.25) is 0 Å². The van der Waals surface area contributed by atoms with Crippen LogP contribution in [-0.4, -0.2) is 19.0 Å². The number of rotatable bonds is 1. The predicted octanol–water partition coefficient (Wildman–Crippen LogP) is 2.97. The first-order valence-electron chi connectivity index (χ1n) is 4.68. The van der Waals surface area contributed by atoms with Crippen molar-refractivity contribution in [1.29, 1.82) is 0 Å². The van der Waals surface area contributed by atoms with E-state index in [4.69, 9.17) is 0 Å². The van der Waals surface area contributed by atoms with Crippen molar-refractivity contribution in [1.82, 2.24) is 4.90 Å². The van der Waals surface area contributed by atoms with Crippen LogP contribution in [0, 0.1) is 5.41 Å². The van der Waals surface area contributed by atoms with Gasteiger partial charge in [-0.1, -0.05) is 32.9 Å². The first kappa shape index (κ1) is 10.1. The van der Waals surface area contributed by atoms with Gasteiger partial charge in [-0.05, 0) is 22.6 Å². The summed E-state index contributed by atoms with van der Waals surface area (Å²) < 4.78 is 0. The maximum Gasteiger partial charge on any atom is 0.00587 e. The minimum Gasteiger partial charge on any atom is -0.383 e. The molecule has 0 unspecified atom stereocenters. The Morgan fingerprint density at radius 3 is 2.15 bits per heavy atom. The van der Waals surface area contributed by atoms with Crippen molar-refractivity contribution >= 4 is 0 Å². The van der Waals surface area contributed by atoms with Gasteiger partial charge in [-0.2, -0.15) is 0 Å². The molecule has 0 atom stereocenters. The average Bonchev–Trinajstić information content (AvgIpc) is 2.32. The van der Waals surface area contributed by atoms with Crippen LogP contribution < -0.4 is 0 Å². The Morgan fingerprint density at radius 2 is 1.77 bits per heavy atom. The quantitative estimate of drug-likeness (QED) is 0.595. The van der Waals surface area contributed by atoms with Crippen molar-refractivity contribution in [3.05, 3.63) is 35.6 Å². The lowest BCUT2D eigenvalue weighted by molar-refractivity contribution is 0.518. The first-order chi connectivity index (χ1) is 5.89. The molecule has 1 aliphatic carbocycles. The van der Waals surface area contributed by atoms with Gasteiger partial charge in [0.05, 0.1) is 0 Å². The second-order valence-electron chi connectivity index (χ2n) is 4.78. The average molecular weight is 177 g/mol. The van der Waals surface area contributed by atoms with Crippen LogP contribution in [0.5, 0.6) is 0 Å². The first-order valence-corrected chi connectivity index (χ1v) is 4.68. The molecular formula is C12H19N. The fourth-order valence-corrected chi connectivity index (χ4v) is 1.31. The van der Waals surface area contributed by atoms with Crippen LogP contribution in [0.2, 0.25) is 0 Å². The molecule has 0 N–H and O–H groups in total. The van der Waals surface area contributed by atoms with E-state index in [0.29, 0.717) is 0 Å². The van der Waals surface area contributed by atoms with Gasteiger partial charge >= 0.3 is 0 Å². The van der Waals surface area contributed by atoms with Crippen LogP contribution in [-0.2, 0) is 0 Å². The van der Waals surface area contributed by atoms with Crippen LogP contribution in [0.15, 0.2) is 35.6 Å². The smallest absolute Gasteiger partial charge is 0.00587 e. The predicted molar refractivity (Wildman–Crippen MR) is 58.4 cm³/mol. The Kier molecular flexibility index (Phi) is 2.65. The molecule has 0 aromatic carbocycles. The zero-order valence-electron chi connectivity index (χ0n) is 9.26. The van der Waals surface area contributed by atoms with Gasteiger partial charge in [-0.3, -0.25) is 0 Å². The molecule has 0 bridgehead atoms. The SMILES string of the molecule is CN(C)C=C1C=CC(C(C)(C)C)=C1. The lowest BCUT2D eigenvalue weighted by atomic mass is 9.87. The molecule has 1 aliphatic rings. The molecule has 0 aromatic rings. The standard InChI is InChI=1S/C12H19N/c1-12(2,3)11-7-6-10(8-11)9-13(4)5/h6-9H,1-5H3. The van der Waals surface area contributed by atoms with Crippen molar-refractivity contribution in [2.75, 3.05) is 14.1 Å². The van der Waals surface area contributed by atoms with E-state index < -0.39 is 0 Å². The minimum absolute atomic E-state index is 0.262. The van der Waals surface area contributed by atoms with Crippen LogP contribution >= 0.6 is 0 Å². The van der Waals surface area contributed by atoms with Crippen LogP contribution in [0.3, 0.4) is 0 Å². The topological polar surface area (TPSA) is 3.24 Å². The van der Waals surface area contributed by atoms with Gasteiger partial charge < -0.3 is 4.90 Å². The van der Waals surface area contributed by atoms with Crippen molar-refractivity contribution in [2.45, 2.75) is 20.8 Å². The van der Waals surface area contributed by atoms with Gasteiger partial charge in [-0.15, -0.1) is 0 Å². The normalized spacial score (nSPS) is 19.5. The third-order valence-electron chi connectivity index (χ3n) is 2.05. The summed E-state index contributed by atoms with van der Waals surface area (Å²) in [5.41, 5.74) is 2.95. The number of hydrogen-bond donors (Lipinski definition) is 0. The summed E-state index contributed by atoms with van der Waals surface area (Å²) in [6.07, 6.45) is 8.76. The Morgan fingerprint density at radius 1 is 1.15 bits per heavy atom. The fraction of sp³-hybridized carbons (Fsp3) is 0.500. The Hall–Kier alpha value is -0.980. The van der Waals surface area contributed by atoms with Gasteiger partial charge in [-0.25, -0.2) is 0 Å². The highest BCUT2D eigenvalue weighted by molar-refractivity contribution is 5.47. The van der Waals surface area contributed by atoms with Gasteiger partial charge in [0, 0.05) is 20.3 Å². The maximum atomic E-state index is 2.25. The largest absolute Gasteiger partial charge is 0.383 e. The third kappa shape index (κ3) is 2.76. The summed E-state index contributed by atoms with van der Waals surface area (Å²) >= 11 is 0. The Bertz CT molecular complexity index is 272. The van der Waals surface area contributed by atoms with Crippen molar-refractivity contribution in [3.8, 4) is 0 Å². The van der Waals surface area contributed by atoms with E-state index in [1.54, 1.807) is 0 Å². The number of allylic oxidation sites excluding steroid dienone is 5. The molecule has 1 nitrogen and oxygen atoms in total. The Labute approximate surface area is 81.4 Å². The van der Waals surface area contributed by atoms with Crippen LogP contribution in [0.4, 0.5) is 0 Å². The van der Waals surface area contributed by atoms with E-state index in [9.17, 15) is 0 Å². The van der Waals surface area contributed by atoms with E-state index >= 15 is 0 Å². The van der Waals surface area contributed by atoms with Crippen LogP contribution in [0.1, 0.15) is 20.8 Å². The van der Waals surface area contributed by atoms with Crippen molar-refractivity contribution in [2.24, 2.45) is 5.41 Å². The van der Waals surface area contributed by atoms with E-state index in [1.807, 2.05) is 14.1 Å². The molecule has 0 heterocycles. The molecule has 0 aliphatic heterocycles. The third-order valence-corrected chi connectivity index (χ3v) is 2.05. The van der Waals surface area contributed by atoms with Crippen molar-refractivity contribution in [3.63, 3.8) is 0 Å². The zero-order valence-corrected chi connectivity index (χ0v) is 9.26. The Balaban J connectivity index is 2.83. The highest BCUT2D eigenvalue weighted by Gasteiger charge is 2.17. The lowest BCUT2D eigenvalue weighted by Gasteiger charge is -2.18. The van der Waals surface area contributed by atoms with E-state index in [-0.39, 0.29) is 5.41 Å². The molecule has 1 rings (SSSR count). The number of nitrogens with zero attached hydrogens (tertiary/aromatic N) is 1. The zero-order chi connectivity index (χ0) is 10.1. The minimum atomic E-state index is 0.262. The van der Waals surface area contributed by atoms with Gasteiger partial charge in [0.15, 0.2) is 0 Å². The lowest BCUT2D eigenvalue weighted by Crippen LogP contribution is -2.06. The van der Waals surface area contributed by atoms with E-state index in [2.05, 4.69) is 50.1 Å². The monoisotopic (exact) mass is 177 g/mol. The summed E-state index contributed by atoms with van der Waals surface area (Å²) in [7, 11) is 4.09. The molecule has 13 heavy (non-hydrogen) atoms. The van der Waals surface area contributed by atoms with Crippen molar-refractivity contribution < 1.29 is 0 Å². The highest BCUT2D eigenvalue weighted by Crippen LogP contribution is 2.31. The fourth-order valence-electron chi connectivity index (χ4n) is 1.31. The molecule has 0 fully saturated rings. The molecule has 72 valence electrons. The molecular weight excluding hydrogens is 158 g/mol. The van der Waals surface area contributed by atoms with E-state index in [1.165, 1.54) is 11.1 Å². The summed E-state index contributed by atoms with van der Waals surface area (Å²) in [6.45, 7) is 6.71. The molecule has 0 saturated carbocycles. The highest BCUT2D eigenvalue weighted by atomic mass is 15.0. The summed E-state index contributed by atoms with van der Waals surface area (Å²) in [4.78, 5) is 2.07. The second kappa shape index (κ2) is 3.41. The summed E-state index contributed by atoms with van der Waals surface area (Å²) in [5, 5.41) is 0. The summed E-state index contributed by atoms with van der Waals surface area (Å²) in [6, 6.07) is 0. The molecule has 0 spiro atoms. The molecule has 0 amide bonds. The van der Waals surface area contributed by atoms with E-state index in [0.717, 1.165) is 0 Å². The maximum absolute atomic E-state index is 2.25. The number of hydrogen-bond acceptors (Lipinski definition) is 1. The molecule has 1 heteroatoms. The molecule has 0 saturated heterocycles. The van der Waals surface area contributed by atoms with Crippen LogP contribution in [0.25, 0.3) is 0 Å². The van der Waals surface area contributed by atoms with Gasteiger partial charge in [0.25, 0.3) is 0 Å².